The summed E-state index contributed by atoms with van der Waals surface area (Å²) in [4.78, 5) is 24.0. The van der Waals surface area contributed by atoms with Gasteiger partial charge in [0.05, 0.1) is 6.54 Å². The highest BCUT2D eigenvalue weighted by molar-refractivity contribution is 5.78. The number of carbonyl (C=O) groups excluding carboxylic acids is 2. The van der Waals surface area contributed by atoms with Gasteiger partial charge in [-0.15, -0.1) is 0 Å². The van der Waals surface area contributed by atoms with Crippen molar-refractivity contribution in [2.45, 2.75) is 20.3 Å². The minimum Gasteiger partial charge on any atom is -0.355 e. The predicted octanol–water partition coefficient (Wildman–Crippen LogP) is -1.18. The van der Waals surface area contributed by atoms with Gasteiger partial charge in [-0.25, -0.2) is 5.84 Å². The Morgan fingerprint density at radius 1 is 1.27 bits per heavy atom. The van der Waals surface area contributed by atoms with Gasteiger partial charge in [-0.3, -0.25) is 19.9 Å². The number of rotatable bonds is 7. The molecule has 0 saturated carbocycles. The molecule has 0 rings (SSSR count). The van der Waals surface area contributed by atoms with E-state index in [9.17, 15) is 9.59 Å². The molecule has 0 aromatic carbocycles. The van der Waals surface area contributed by atoms with Gasteiger partial charge in [-0.05, 0) is 13.5 Å². The van der Waals surface area contributed by atoms with Crippen LogP contribution in [0.1, 0.15) is 20.3 Å². The van der Waals surface area contributed by atoms with Gasteiger partial charge in [0.1, 0.15) is 0 Å². The number of hydrogen-bond donors (Lipinski definition) is 3. The van der Waals surface area contributed by atoms with E-state index in [0.29, 0.717) is 26.1 Å². The molecule has 0 aromatic rings. The third-order valence-corrected chi connectivity index (χ3v) is 2.00. The molecule has 0 heterocycles. The van der Waals surface area contributed by atoms with Gasteiger partial charge < -0.3 is 5.32 Å². The third-order valence-electron chi connectivity index (χ3n) is 2.00. The van der Waals surface area contributed by atoms with Crippen molar-refractivity contribution < 1.29 is 9.59 Å². The van der Waals surface area contributed by atoms with Gasteiger partial charge in [0.25, 0.3) is 0 Å². The van der Waals surface area contributed by atoms with Crippen LogP contribution >= 0.6 is 0 Å². The lowest BCUT2D eigenvalue weighted by Crippen LogP contribution is -2.39. The fraction of sp³-hybridized carbons (Fsp3) is 0.778. The van der Waals surface area contributed by atoms with Crippen LogP contribution in [0.25, 0.3) is 0 Å². The average molecular weight is 216 g/mol. The van der Waals surface area contributed by atoms with Crippen molar-refractivity contribution in [3.63, 3.8) is 0 Å². The largest absolute Gasteiger partial charge is 0.355 e. The second-order valence-corrected chi connectivity index (χ2v) is 3.14. The Bertz CT molecular complexity index is 208. The molecule has 0 saturated heterocycles. The Morgan fingerprint density at radius 3 is 2.40 bits per heavy atom. The normalized spacial score (nSPS) is 10.1. The molecule has 0 radical (unpaired) electrons. The second-order valence-electron chi connectivity index (χ2n) is 3.14. The van der Waals surface area contributed by atoms with Crippen molar-refractivity contribution in [3.8, 4) is 0 Å². The summed E-state index contributed by atoms with van der Waals surface area (Å²) >= 11 is 0. The van der Waals surface area contributed by atoms with Crippen molar-refractivity contribution in [1.82, 2.24) is 15.6 Å². The lowest BCUT2D eigenvalue weighted by Gasteiger charge is -2.18. The summed E-state index contributed by atoms with van der Waals surface area (Å²) in [5.41, 5.74) is 2.06. The van der Waals surface area contributed by atoms with Crippen LogP contribution in [0.4, 0.5) is 0 Å². The second kappa shape index (κ2) is 8.19. The number of amides is 2. The number of nitrogens with zero attached hydrogens (tertiary/aromatic N) is 1. The van der Waals surface area contributed by atoms with Gasteiger partial charge in [0.15, 0.2) is 0 Å². The Labute approximate surface area is 90.2 Å². The molecule has 88 valence electrons. The van der Waals surface area contributed by atoms with Crippen molar-refractivity contribution in [2.24, 2.45) is 5.84 Å². The van der Waals surface area contributed by atoms with Crippen molar-refractivity contribution in [2.75, 3.05) is 26.2 Å². The van der Waals surface area contributed by atoms with E-state index in [1.807, 2.05) is 18.7 Å². The molecule has 0 fully saturated rings. The molecule has 0 spiro atoms. The maximum Gasteiger partial charge on any atom is 0.235 e. The number of carbonyl (C=O) groups is 2. The van der Waals surface area contributed by atoms with Crippen molar-refractivity contribution in [1.29, 1.82) is 0 Å². The van der Waals surface area contributed by atoms with E-state index in [-0.39, 0.29) is 11.8 Å². The number of nitrogens with two attached hydrogens (primary N) is 1. The summed E-state index contributed by atoms with van der Waals surface area (Å²) in [5.74, 6) is 4.71. The van der Waals surface area contributed by atoms with Gasteiger partial charge in [-0.2, -0.15) is 0 Å². The first-order valence-corrected chi connectivity index (χ1v) is 5.12. The van der Waals surface area contributed by atoms with Crippen LogP contribution in [-0.2, 0) is 9.59 Å². The minimum atomic E-state index is -0.218. The van der Waals surface area contributed by atoms with E-state index in [1.165, 1.54) is 0 Å². The molecule has 0 aliphatic heterocycles. The molecular formula is C9H20N4O2. The highest BCUT2D eigenvalue weighted by Crippen LogP contribution is 1.91. The van der Waals surface area contributed by atoms with Crippen molar-refractivity contribution in [3.05, 3.63) is 0 Å². The van der Waals surface area contributed by atoms with E-state index in [4.69, 9.17) is 5.84 Å². The molecule has 15 heavy (non-hydrogen) atoms. The monoisotopic (exact) mass is 216 g/mol. The van der Waals surface area contributed by atoms with Crippen LogP contribution in [0.15, 0.2) is 0 Å². The Balaban J connectivity index is 3.82. The summed E-state index contributed by atoms with van der Waals surface area (Å²) in [6.07, 6.45) is 0.309. The number of hydrazine groups is 1. The molecule has 0 aliphatic carbocycles. The van der Waals surface area contributed by atoms with Crippen molar-refractivity contribution >= 4 is 11.8 Å². The molecular weight excluding hydrogens is 196 g/mol. The first-order valence-electron chi connectivity index (χ1n) is 5.12. The van der Waals surface area contributed by atoms with Gasteiger partial charge in [0, 0.05) is 19.5 Å². The zero-order valence-electron chi connectivity index (χ0n) is 9.38. The number of likely N-dealkylation sites (N-methyl/N-ethyl adjacent to an activating group) is 2. The lowest BCUT2D eigenvalue weighted by atomic mass is 10.3. The summed E-state index contributed by atoms with van der Waals surface area (Å²) in [7, 11) is 0. The number of hydrogen-bond acceptors (Lipinski definition) is 4. The van der Waals surface area contributed by atoms with E-state index in [2.05, 4.69) is 10.7 Å². The zero-order chi connectivity index (χ0) is 11.7. The fourth-order valence-electron chi connectivity index (χ4n) is 1.14. The molecule has 2 amide bonds. The molecule has 4 N–H and O–H groups in total. The van der Waals surface area contributed by atoms with Crippen LogP contribution in [0.5, 0.6) is 0 Å². The molecule has 6 nitrogen and oxygen atoms in total. The Kier molecular flexibility index (Phi) is 7.57. The van der Waals surface area contributed by atoms with Gasteiger partial charge in [-0.1, -0.05) is 6.92 Å². The van der Waals surface area contributed by atoms with Crippen LogP contribution in [0.3, 0.4) is 0 Å². The molecule has 0 atom stereocenters. The van der Waals surface area contributed by atoms with E-state index in [1.54, 1.807) is 0 Å². The predicted molar refractivity (Wildman–Crippen MR) is 57.7 cm³/mol. The van der Waals surface area contributed by atoms with Gasteiger partial charge in [0.2, 0.25) is 11.8 Å². The van der Waals surface area contributed by atoms with Gasteiger partial charge >= 0.3 is 0 Å². The summed E-state index contributed by atoms with van der Waals surface area (Å²) in [5, 5.41) is 2.71. The third kappa shape index (κ3) is 6.87. The molecule has 0 aliphatic rings. The SMILES string of the molecule is CCNC(=O)CN(CC)CCC(=O)NN. The van der Waals surface area contributed by atoms with Crippen LogP contribution in [-0.4, -0.2) is 42.9 Å². The Hall–Kier alpha value is -1.14. The molecule has 0 aromatic heterocycles. The molecule has 0 bridgehead atoms. The molecule has 6 heteroatoms. The topological polar surface area (TPSA) is 87.5 Å². The molecule has 0 unspecified atom stereocenters. The lowest BCUT2D eigenvalue weighted by molar-refractivity contribution is -0.124. The summed E-state index contributed by atoms with van der Waals surface area (Å²) < 4.78 is 0. The zero-order valence-corrected chi connectivity index (χ0v) is 9.38. The van der Waals surface area contributed by atoms with E-state index >= 15 is 0 Å². The van der Waals surface area contributed by atoms with Crippen LogP contribution in [0, 0.1) is 0 Å². The maximum atomic E-state index is 11.2. The van der Waals surface area contributed by atoms with E-state index < -0.39 is 0 Å². The Morgan fingerprint density at radius 2 is 1.93 bits per heavy atom. The van der Waals surface area contributed by atoms with Crippen LogP contribution in [0.2, 0.25) is 0 Å². The standard InChI is InChI=1S/C9H20N4O2/c1-3-11-9(15)7-13(4-2)6-5-8(14)12-10/h3-7,10H2,1-2H3,(H,11,15)(H,12,14). The summed E-state index contributed by atoms with van der Waals surface area (Å²) in [6.45, 7) is 6.03. The highest BCUT2D eigenvalue weighted by atomic mass is 16.2. The van der Waals surface area contributed by atoms with Crippen LogP contribution < -0.4 is 16.6 Å². The summed E-state index contributed by atoms with van der Waals surface area (Å²) in [6, 6.07) is 0. The fourth-order valence-corrected chi connectivity index (χ4v) is 1.14. The van der Waals surface area contributed by atoms with E-state index in [0.717, 1.165) is 6.54 Å². The smallest absolute Gasteiger partial charge is 0.235 e. The quantitative estimate of drug-likeness (QED) is 0.284. The average Bonchev–Trinajstić information content (AvgIpc) is 2.23. The first-order chi connectivity index (χ1) is 7.13. The first kappa shape index (κ1) is 13.9. The maximum absolute atomic E-state index is 11.2. The minimum absolute atomic E-state index is 0.0208. The highest BCUT2D eigenvalue weighted by Gasteiger charge is 2.09. The number of nitrogens with one attached hydrogen (secondary N) is 2.